The van der Waals surface area contributed by atoms with Crippen molar-refractivity contribution in [2.45, 2.75) is 31.6 Å². The minimum absolute atomic E-state index is 0.0204. The normalized spacial score (nSPS) is 16.6. The molecule has 0 aliphatic carbocycles. The molecule has 8 nitrogen and oxygen atoms in total. The SMILES string of the molecule is N#Cc1ccc(-c2nc3c(N4CCC[C@@H](N)C4)nccn3c2-c2cnn(CC(F)(F)F)c2)cc1F. The molecule has 0 radical (unpaired) electrons. The summed E-state index contributed by atoms with van der Waals surface area (Å²) in [5.41, 5.74) is 7.99. The zero-order valence-electron chi connectivity index (χ0n) is 18.4. The van der Waals surface area contributed by atoms with Gasteiger partial charge in [0, 0.05) is 48.8 Å². The minimum atomic E-state index is -4.44. The van der Waals surface area contributed by atoms with Gasteiger partial charge in [-0.15, -0.1) is 0 Å². The van der Waals surface area contributed by atoms with Crippen LogP contribution in [0.4, 0.5) is 23.4 Å². The number of piperidine rings is 1. The largest absolute Gasteiger partial charge is 0.408 e. The van der Waals surface area contributed by atoms with Crippen molar-refractivity contribution in [3.63, 3.8) is 0 Å². The Morgan fingerprint density at radius 2 is 2.06 bits per heavy atom. The Morgan fingerprint density at radius 3 is 2.77 bits per heavy atom. The van der Waals surface area contributed by atoms with Gasteiger partial charge in [0.1, 0.15) is 18.4 Å². The number of benzene rings is 1. The Labute approximate surface area is 197 Å². The van der Waals surface area contributed by atoms with Gasteiger partial charge in [-0.2, -0.15) is 23.5 Å². The highest BCUT2D eigenvalue weighted by atomic mass is 19.4. The fourth-order valence-corrected chi connectivity index (χ4v) is 4.38. The highest BCUT2D eigenvalue weighted by Gasteiger charge is 2.29. The van der Waals surface area contributed by atoms with Gasteiger partial charge in [-0.05, 0) is 25.0 Å². The van der Waals surface area contributed by atoms with Gasteiger partial charge in [0.2, 0.25) is 0 Å². The van der Waals surface area contributed by atoms with Crippen molar-refractivity contribution in [1.82, 2.24) is 24.1 Å². The Balaban J connectivity index is 1.71. The molecule has 0 spiro atoms. The van der Waals surface area contributed by atoms with E-state index in [1.165, 1.54) is 24.5 Å². The highest BCUT2D eigenvalue weighted by molar-refractivity contribution is 5.84. The van der Waals surface area contributed by atoms with Crippen LogP contribution in [0.3, 0.4) is 0 Å². The number of alkyl halides is 3. The number of nitrogens with zero attached hydrogens (tertiary/aromatic N) is 7. The van der Waals surface area contributed by atoms with E-state index in [2.05, 4.69) is 10.1 Å². The summed E-state index contributed by atoms with van der Waals surface area (Å²) in [6.07, 6.45) is 3.16. The van der Waals surface area contributed by atoms with Gasteiger partial charge in [0.25, 0.3) is 0 Å². The van der Waals surface area contributed by atoms with Gasteiger partial charge < -0.3 is 10.6 Å². The van der Waals surface area contributed by atoms with Gasteiger partial charge in [-0.25, -0.2) is 14.4 Å². The molecule has 4 heterocycles. The third-order valence-corrected chi connectivity index (χ3v) is 5.89. The van der Waals surface area contributed by atoms with Gasteiger partial charge in [-0.1, -0.05) is 6.07 Å². The van der Waals surface area contributed by atoms with Crippen molar-refractivity contribution in [3.05, 3.63) is 54.4 Å². The summed E-state index contributed by atoms with van der Waals surface area (Å²) in [7, 11) is 0. The summed E-state index contributed by atoms with van der Waals surface area (Å²) in [4.78, 5) is 11.3. The van der Waals surface area contributed by atoms with E-state index < -0.39 is 18.5 Å². The number of hydrogen-bond donors (Lipinski definition) is 1. The smallest absolute Gasteiger partial charge is 0.352 e. The molecule has 1 aromatic carbocycles. The van der Waals surface area contributed by atoms with Crippen LogP contribution < -0.4 is 10.6 Å². The number of aromatic nitrogens is 5. The van der Waals surface area contributed by atoms with Gasteiger partial charge in [0.15, 0.2) is 11.5 Å². The number of hydrogen-bond acceptors (Lipinski definition) is 6. The molecule has 4 aromatic rings. The number of nitrogens with two attached hydrogens (primary N) is 1. The summed E-state index contributed by atoms with van der Waals surface area (Å²) >= 11 is 0. The number of fused-ring (bicyclic) bond motifs is 1. The number of imidazole rings is 1. The molecule has 0 saturated carbocycles. The van der Waals surface area contributed by atoms with Crippen molar-refractivity contribution in [2.75, 3.05) is 18.0 Å². The second-order valence-electron chi connectivity index (χ2n) is 8.45. The summed E-state index contributed by atoms with van der Waals surface area (Å²) in [5, 5.41) is 12.9. The molecule has 3 aromatic heterocycles. The third kappa shape index (κ3) is 4.42. The van der Waals surface area contributed by atoms with E-state index in [1.54, 1.807) is 28.9 Å². The van der Waals surface area contributed by atoms with E-state index in [0.717, 1.165) is 24.1 Å². The first-order valence-corrected chi connectivity index (χ1v) is 10.9. The maximum atomic E-state index is 14.5. The lowest BCUT2D eigenvalue weighted by atomic mass is 10.1. The molecule has 35 heavy (non-hydrogen) atoms. The molecule has 1 fully saturated rings. The van der Waals surface area contributed by atoms with Crippen LogP contribution in [-0.2, 0) is 6.54 Å². The molecular weight excluding hydrogens is 464 g/mol. The minimum Gasteiger partial charge on any atom is -0.352 e. The molecule has 1 aliphatic heterocycles. The van der Waals surface area contributed by atoms with E-state index in [0.29, 0.717) is 40.5 Å². The lowest BCUT2D eigenvalue weighted by molar-refractivity contribution is -0.142. The second kappa shape index (κ2) is 8.66. The highest BCUT2D eigenvalue weighted by Crippen LogP contribution is 2.36. The predicted octanol–water partition coefficient (Wildman–Crippen LogP) is 3.76. The maximum absolute atomic E-state index is 14.5. The quantitative estimate of drug-likeness (QED) is 0.443. The molecule has 12 heteroatoms. The fourth-order valence-electron chi connectivity index (χ4n) is 4.38. The zero-order valence-corrected chi connectivity index (χ0v) is 18.4. The Hall–Kier alpha value is -3.98. The standard InChI is InChI=1S/C23H20F4N8/c24-18-8-14(3-4-15(18)9-28)19-20(16-10-31-34(11-16)13-23(25,26)27)35-7-5-30-21(22(35)32-19)33-6-1-2-17(29)12-33/h3-5,7-8,10-11,17H,1-2,6,12-13,29H2/t17-/m1/s1. The summed E-state index contributed by atoms with van der Waals surface area (Å²) in [5.74, 6) is -0.145. The second-order valence-corrected chi connectivity index (χ2v) is 8.45. The number of anilines is 1. The molecule has 0 amide bonds. The molecule has 0 bridgehead atoms. The Morgan fingerprint density at radius 1 is 1.23 bits per heavy atom. The van der Waals surface area contributed by atoms with Crippen LogP contribution in [0, 0.1) is 17.1 Å². The summed E-state index contributed by atoms with van der Waals surface area (Å²) in [6.45, 7) is 0.0646. The van der Waals surface area contributed by atoms with E-state index >= 15 is 0 Å². The van der Waals surface area contributed by atoms with Crippen LogP contribution in [0.2, 0.25) is 0 Å². The summed E-state index contributed by atoms with van der Waals surface area (Å²) in [6, 6.07) is 5.84. The lowest BCUT2D eigenvalue weighted by Crippen LogP contribution is -2.43. The maximum Gasteiger partial charge on any atom is 0.408 e. The van der Waals surface area contributed by atoms with E-state index in [4.69, 9.17) is 16.0 Å². The first-order chi connectivity index (χ1) is 16.7. The number of rotatable bonds is 4. The molecule has 2 N–H and O–H groups in total. The molecular formula is C23H20F4N8. The van der Waals surface area contributed by atoms with Gasteiger partial charge >= 0.3 is 6.18 Å². The molecule has 1 atom stereocenters. The van der Waals surface area contributed by atoms with Crippen molar-refractivity contribution in [2.24, 2.45) is 5.73 Å². The Bertz CT molecular complexity index is 1430. The van der Waals surface area contributed by atoms with E-state index in [-0.39, 0.29) is 11.6 Å². The van der Waals surface area contributed by atoms with Crippen molar-refractivity contribution in [3.8, 4) is 28.6 Å². The monoisotopic (exact) mass is 484 g/mol. The van der Waals surface area contributed by atoms with Crippen molar-refractivity contribution in [1.29, 1.82) is 5.26 Å². The molecule has 1 aliphatic rings. The van der Waals surface area contributed by atoms with Crippen molar-refractivity contribution >= 4 is 11.5 Å². The van der Waals surface area contributed by atoms with Crippen LogP contribution in [0.5, 0.6) is 0 Å². The number of halogens is 4. The first-order valence-electron chi connectivity index (χ1n) is 10.9. The van der Waals surface area contributed by atoms with Crippen LogP contribution in [0.1, 0.15) is 18.4 Å². The predicted molar refractivity (Wildman–Crippen MR) is 120 cm³/mol. The van der Waals surface area contributed by atoms with Crippen LogP contribution in [0.15, 0.2) is 43.0 Å². The van der Waals surface area contributed by atoms with Crippen LogP contribution in [0.25, 0.3) is 28.2 Å². The Kier molecular flexibility index (Phi) is 5.64. The summed E-state index contributed by atoms with van der Waals surface area (Å²) < 4.78 is 55.8. The first kappa shape index (κ1) is 22.8. The van der Waals surface area contributed by atoms with E-state index in [9.17, 15) is 17.6 Å². The van der Waals surface area contributed by atoms with Crippen molar-refractivity contribution < 1.29 is 17.6 Å². The zero-order chi connectivity index (χ0) is 24.7. The van der Waals surface area contributed by atoms with Crippen LogP contribution in [-0.4, -0.2) is 49.5 Å². The molecule has 0 unspecified atom stereocenters. The molecule has 180 valence electrons. The van der Waals surface area contributed by atoms with Gasteiger partial charge in [0.05, 0.1) is 23.1 Å². The average Bonchev–Trinajstić information content (AvgIpc) is 3.41. The van der Waals surface area contributed by atoms with E-state index in [1.807, 2.05) is 4.90 Å². The molecule has 5 rings (SSSR count). The topological polar surface area (TPSA) is 101 Å². The van der Waals surface area contributed by atoms with Crippen LogP contribution >= 0.6 is 0 Å². The molecule has 1 saturated heterocycles. The fraction of sp³-hybridized carbons (Fsp3) is 0.304. The number of nitriles is 1. The third-order valence-electron chi connectivity index (χ3n) is 5.89. The lowest BCUT2D eigenvalue weighted by Gasteiger charge is -2.31. The van der Waals surface area contributed by atoms with Gasteiger partial charge in [-0.3, -0.25) is 9.08 Å². The average molecular weight is 484 g/mol.